The third-order valence-corrected chi connectivity index (χ3v) is 4.65. The maximum atomic E-state index is 13.4. The normalized spacial score (nSPS) is 23.7. The minimum atomic E-state index is -0.901. The monoisotopic (exact) mass is 319 g/mol. The number of nitrogens with zero attached hydrogens (tertiary/aromatic N) is 1. The zero-order valence-electron chi connectivity index (χ0n) is 13.3. The predicted molar refractivity (Wildman–Crippen MR) is 85.4 cm³/mol. The van der Waals surface area contributed by atoms with Crippen LogP contribution in [0.3, 0.4) is 0 Å². The molecule has 1 aliphatic heterocycles. The molecule has 2 N–H and O–H groups in total. The molecule has 0 radical (unpaired) electrons. The molecule has 124 valence electrons. The number of hydrogen-bond donors (Lipinski definition) is 2. The first-order valence-corrected chi connectivity index (χ1v) is 8.06. The van der Waals surface area contributed by atoms with E-state index in [1.807, 2.05) is 0 Å². The van der Waals surface area contributed by atoms with E-state index in [9.17, 15) is 14.0 Å². The van der Waals surface area contributed by atoms with Crippen molar-refractivity contribution in [3.05, 3.63) is 30.1 Å². The first-order chi connectivity index (χ1) is 11.0. The fraction of sp³-hybridized carbons (Fsp3) is 0.529. The van der Waals surface area contributed by atoms with Crippen molar-refractivity contribution in [1.82, 2.24) is 10.2 Å². The maximum Gasteiger partial charge on any atom is 0.247 e. The molecule has 1 atom stereocenters. The third-order valence-electron chi connectivity index (χ3n) is 4.65. The molecule has 1 saturated carbocycles. The van der Waals surface area contributed by atoms with Crippen LogP contribution in [0.1, 0.15) is 25.7 Å². The van der Waals surface area contributed by atoms with E-state index in [0.717, 1.165) is 12.8 Å². The summed E-state index contributed by atoms with van der Waals surface area (Å²) in [4.78, 5) is 26.5. The van der Waals surface area contributed by atoms with Gasteiger partial charge in [0.05, 0.1) is 6.54 Å². The Hall–Kier alpha value is -2.11. The molecule has 2 aliphatic rings. The second kappa shape index (κ2) is 6.18. The highest BCUT2D eigenvalue weighted by Gasteiger charge is 2.46. The Morgan fingerprint density at radius 1 is 1.39 bits per heavy atom. The molecule has 1 saturated heterocycles. The minimum Gasteiger partial charge on any atom is -0.370 e. The quantitative estimate of drug-likeness (QED) is 0.869. The van der Waals surface area contributed by atoms with Gasteiger partial charge in [-0.05, 0) is 43.4 Å². The van der Waals surface area contributed by atoms with E-state index in [1.54, 1.807) is 24.1 Å². The molecule has 2 fully saturated rings. The molecule has 0 bridgehead atoms. The van der Waals surface area contributed by atoms with Crippen LogP contribution in [0.15, 0.2) is 24.3 Å². The molecule has 2 amide bonds. The van der Waals surface area contributed by atoms with Crippen LogP contribution in [0, 0.1) is 11.7 Å². The van der Waals surface area contributed by atoms with Gasteiger partial charge < -0.3 is 15.5 Å². The molecule has 1 unspecified atom stereocenters. The van der Waals surface area contributed by atoms with Crippen LogP contribution in [0.2, 0.25) is 0 Å². The Bertz CT molecular complexity index is 618. The summed E-state index contributed by atoms with van der Waals surface area (Å²) in [5.41, 5.74) is -0.355. The molecule has 0 spiro atoms. The fourth-order valence-corrected chi connectivity index (χ4v) is 3.15. The highest BCUT2D eigenvalue weighted by molar-refractivity contribution is 5.91. The Labute approximate surface area is 135 Å². The summed E-state index contributed by atoms with van der Waals surface area (Å²) in [7, 11) is 1.58. The highest BCUT2D eigenvalue weighted by atomic mass is 19.1. The van der Waals surface area contributed by atoms with Crippen LogP contribution in [-0.4, -0.2) is 42.4 Å². The summed E-state index contributed by atoms with van der Waals surface area (Å²) in [6, 6.07) is 6.04. The lowest BCUT2D eigenvalue weighted by molar-refractivity contribution is -0.131. The van der Waals surface area contributed by atoms with Gasteiger partial charge in [0.25, 0.3) is 0 Å². The number of likely N-dealkylation sites (N-methyl/N-ethyl adjacent to an activating group) is 1. The van der Waals surface area contributed by atoms with E-state index in [-0.39, 0.29) is 17.6 Å². The highest BCUT2D eigenvalue weighted by Crippen LogP contribution is 2.34. The average molecular weight is 319 g/mol. The Balaban J connectivity index is 1.75. The molecule has 1 aromatic rings. The van der Waals surface area contributed by atoms with Gasteiger partial charge in [0.2, 0.25) is 11.8 Å². The second-order valence-electron chi connectivity index (χ2n) is 6.51. The minimum absolute atomic E-state index is 0.110. The smallest absolute Gasteiger partial charge is 0.247 e. The molecule has 1 aromatic carbocycles. The Morgan fingerprint density at radius 3 is 2.83 bits per heavy atom. The van der Waals surface area contributed by atoms with E-state index in [1.165, 1.54) is 12.1 Å². The van der Waals surface area contributed by atoms with Gasteiger partial charge in [-0.25, -0.2) is 4.39 Å². The number of hydrogen-bond acceptors (Lipinski definition) is 3. The number of likely N-dealkylation sites (tertiary alicyclic amines) is 1. The number of nitrogens with one attached hydrogen (secondary N) is 2. The second-order valence-corrected chi connectivity index (χ2v) is 6.51. The largest absolute Gasteiger partial charge is 0.370 e. The van der Waals surface area contributed by atoms with Crippen molar-refractivity contribution in [2.24, 2.45) is 5.92 Å². The molecule has 23 heavy (non-hydrogen) atoms. The van der Waals surface area contributed by atoms with Crippen LogP contribution in [-0.2, 0) is 9.59 Å². The Morgan fingerprint density at radius 2 is 2.17 bits per heavy atom. The molecule has 0 aromatic heterocycles. The summed E-state index contributed by atoms with van der Waals surface area (Å²) < 4.78 is 13.4. The molecule has 1 heterocycles. The van der Waals surface area contributed by atoms with Crippen molar-refractivity contribution in [2.75, 3.05) is 25.5 Å². The summed E-state index contributed by atoms with van der Waals surface area (Å²) in [6.07, 6.45) is 3.34. The molecular formula is C17H22FN3O2. The lowest BCUT2D eigenvalue weighted by atomic mass is 9.96. The van der Waals surface area contributed by atoms with E-state index in [4.69, 9.17) is 0 Å². The van der Waals surface area contributed by atoms with Gasteiger partial charge in [-0.3, -0.25) is 9.59 Å². The summed E-state index contributed by atoms with van der Waals surface area (Å²) in [5, 5.41) is 5.82. The standard InChI is InChI=1S/C17H22FN3O2/c1-19-16(23)17(20-14-4-2-3-13(18)10-14)7-8-21(11-17)15(22)9-12-5-6-12/h2-4,10,12,20H,5-9,11H2,1H3,(H,19,23). The van der Waals surface area contributed by atoms with E-state index in [0.29, 0.717) is 37.5 Å². The number of benzene rings is 1. The number of anilines is 1. The van der Waals surface area contributed by atoms with Gasteiger partial charge in [0.15, 0.2) is 0 Å². The molecule has 1 aliphatic carbocycles. The third kappa shape index (κ3) is 3.46. The predicted octanol–water partition coefficient (Wildman–Crippen LogP) is 1.75. The SMILES string of the molecule is CNC(=O)C1(Nc2cccc(F)c2)CCN(C(=O)CC2CC2)C1. The lowest BCUT2D eigenvalue weighted by Crippen LogP contribution is -2.54. The van der Waals surface area contributed by atoms with Gasteiger partial charge in [-0.15, -0.1) is 0 Å². The number of halogens is 1. The van der Waals surface area contributed by atoms with Gasteiger partial charge in [0.1, 0.15) is 11.4 Å². The van der Waals surface area contributed by atoms with Crippen LogP contribution in [0.4, 0.5) is 10.1 Å². The van der Waals surface area contributed by atoms with Gasteiger partial charge in [-0.2, -0.15) is 0 Å². The van der Waals surface area contributed by atoms with Crippen LogP contribution >= 0.6 is 0 Å². The molecule has 6 heteroatoms. The van der Waals surface area contributed by atoms with E-state index >= 15 is 0 Å². The van der Waals surface area contributed by atoms with E-state index < -0.39 is 5.54 Å². The van der Waals surface area contributed by atoms with Crippen LogP contribution in [0.25, 0.3) is 0 Å². The molecule has 5 nitrogen and oxygen atoms in total. The number of carbonyl (C=O) groups is 2. The first-order valence-electron chi connectivity index (χ1n) is 8.06. The van der Waals surface area contributed by atoms with Crippen molar-refractivity contribution < 1.29 is 14.0 Å². The van der Waals surface area contributed by atoms with Crippen molar-refractivity contribution in [2.45, 2.75) is 31.2 Å². The van der Waals surface area contributed by atoms with E-state index in [2.05, 4.69) is 10.6 Å². The summed E-state index contributed by atoms with van der Waals surface area (Å²) in [6.45, 7) is 0.857. The zero-order chi connectivity index (χ0) is 16.4. The number of rotatable bonds is 5. The van der Waals surface area contributed by atoms with Crippen molar-refractivity contribution in [1.29, 1.82) is 0 Å². The Kier molecular flexibility index (Phi) is 4.24. The van der Waals surface area contributed by atoms with Gasteiger partial charge in [-0.1, -0.05) is 6.07 Å². The van der Waals surface area contributed by atoms with Gasteiger partial charge in [0, 0.05) is 25.7 Å². The van der Waals surface area contributed by atoms with Gasteiger partial charge >= 0.3 is 0 Å². The number of carbonyl (C=O) groups excluding carboxylic acids is 2. The maximum absolute atomic E-state index is 13.4. The molecule has 3 rings (SSSR count). The van der Waals surface area contributed by atoms with Crippen molar-refractivity contribution in [3.8, 4) is 0 Å². The summed E-state index contributed by atoms with van der Waals surface area (Å²) >= 11 is 0. The summed E-state index contributed by atoms with van der Waals surface area (Å²) in [5.74, 6) is 0.0956. The van der Waals surface area contributed by atoms with Crippen molar-refractivity contribution in [3.63, 3.8) is 0 Å². The average Bonchev–Trinajstić information content (AvgIpc) is 3.24. The topological polar surface area (TPSA) is 61.4 Å². The first kappa shape index (κ1) is 15.8. The molecular weight excluding hydrogens is 297 g/mol. The van der Waals surface area contributed by atoms with Crippen LogP contribution < -0.4 is 10.6 Å². The number of amides is 2. The lowest BCUT2D eigenvalue weighted by Gasteiger charge is -2.30. The zero-order valence-corrected chi connectivity index (χ0v) is 13.3. The fourth-order valence-electron chi connectivity index (χ4n) is 3.15. The van der Waals surface area contributed by atoms with Crippen molar-refractivity contribution >= 4 is 17.5 Å². The van der Waals surface area contributed by atoms with Crippen LogP contribution in [0.5, 0.6) is 0 Å².